The first-order valence-electron chi connectivity index (χ1n) is 9.09. The molecule has 1 rings (SSSR count). The van der Waals surface area contributed by atoms with Gasteiger partial charge in [-0.3, -0.25) is 38.8 Å². The van der Waals surface area contributed by atoms with Crippen LogP contribution in [0.5, 0.6) is 0 Å². The summed E-state index contributed by atoms with van der Waals surface area (Å²) >= 11 is 0. The lowest BCUT2D eigenvalue weighted by Crippen LogP contribution is -2.48. The van der Waals surface area contributed by atoms with Crippen molar-refractivity contribution in [3.05, 3.63) is 0 Å². The van der Waals surface area contributed by atoms with E-state index >= 15 is 0 Å². The molecule has 1 aliphatic heterocycles. The highest BCUT2D eigenvalue weighted by molar-refractivity contribution is 5.77. The van der Waals surface area contributed by atoms with Gasteiger partial charge in [-0.2, -0.15) is 13.2 Å². The van der Waals surface area contributed by atoms with Crippen molar-refractivity contribution in [1.82, 2.24) is 19.6 Å². The molecule has 28 heavy (non-hydrogen) atoms. The van der Waals surface area contributed by atoms with Gasteiger partial charge >= 0.3 is 18.1 Å². The fourth-order valence-electron chi connectivity index (χ4n) is 3.05. The van der Waals surface area contributed by atoms with Gasteiger partial charge in [0.2, 0.25) is 0 Å². The smallest absolute Gasteiger partial charge is 0.299 e. The normalized spacial score (nSPS) is 19.6. The Hall–Kier alpha value is -1.69. The molecule has 0 atom stereocenters. The van der Waals surface area contributed by atoms with E-state index in [2.05, 4.69) is 0 Å². The first kappa shape index (κ1) is 24.3. The number of nitrogens with zero attached hydrogens (tertiary/aromatic N) is 4. The molecule has 1 heterocycles. The molecule has 0 aromatic carbocycles. The van der Waals surface area contributed by atoms with Crippen molar-refractivity contribution in [2.75, 3.05) is 78.5 Å². The second-order valence-corrected chi connectivity index (χ2v) is 6.87. The number of ketones is 1. The quantitative estimate of drug-likeness (QED) is 0.487. The summed E-state index contributed by atoms with van der Waals surface area (Å²) in [5.41, 5.74) is 0. The van der Waals surface area contributed by atoms with Crippen LogP contribution in [0.4, 0.5) is 13.2 Å². The lowest BCUT2D eigenvalue weighted by atomic mass is 10.3. The standard InChI is InChI=1S/C17H27F3N4O4/c1-14(25)10-21-2-4-22(11-15(18)26)6-8-24(13-17(20)28)9-7-23(5-3-21)12-16(19)27/h2-13H2,1H3. The first-order valence-corrected chi connectivity index (χ1v) is 9.09. The van der Waals surface area contributed by atoms with E-state index in [-0.39, 0.29) is 51.6 Å². The van der Waals surface area contributed by atoms with Crippen LogP contribution in [0.3, 0.4) is 0 Å². The number of rotatable bonds is 8. The largest absolute Gasteiger partial charge is 0.315 e. The Labute approximate surface area is 162 Å². The molecule has 11 heteroatoms. The summed E-state index contributed by atoms with van der Waals surface area (Å²) in [5, 5.41) is 0. The second-order valence-electron chi connectivity index (χ2n) is 6.87. The zero-order chi connectivity index (χ0) is 21.1. The summed E-state index contributed by atoms with van der Waals surface area (Å²) in [5.74, 6) is -0.0824. The minimum Gasteiger partial charge on any atom is -0.299 e. The van der Waals surface area contributed by atoms with Crippen LogP contribution in [0.15, 0.2) is 0 Å². The van der Waals surface area contributed by atoms with E-state index < -0.39 is 37.7 Å². The Morgan fingerprint density at radius 1 is 0.536 bits per heavy atom. The van der Waals surface area contributed by atoms with Gasteiger partial charge in [0, 0.05) is 52.4 Å². The van der Waals surface area contributed by atoms with Crippen molar-refractivity contribution in [3.8, 4) is 0 Å². The van der Waals surface area contributed by atoms with E-state index in [1.165, 1.54) is 21.6 Å². The minimum absolute atomic E-state index is 0.0824. The molecular weight excluding hydrogens is 381 g/mol. The molecule has 0 spiro atoms. The number of halogens is 3. The van der Waals surface area contributed by atoms with E-state index in [4.69, 9.17) is 0 Å². The Morgan fingerprint density at radius 3 is 0.929 bits per heavy atom. The second kappa shape index (κ2) is 12.7. The molecule has 1 fully saturated rings. The Bertz CT molecular complexity index is 453. The van der Waals surface area contributed by atoms with Crippen LogP contribution in [0, 0.1) is 0 Å². The Balaban J connectivity index is 2.90. The third kappa shape index (κ3) is 11.2. The number of carbonyl (C=O) groups excluding carboxylic acids is 4. The van der Waals surface area contributed by atoms with E-state index in [1.54, 1.807) is 4.90 Å². The molecule has 0 unspecified atom stereocenters. The molecule has 0 aromatic rings. The van der Waals surface area contributed by atoms with Crippen LogP contribution >= 0.6 is 0 Å². The number of carbonyl (C=O) groups is 4. The third-order valence-electron chi connectivity index (χ3n) is 4.42. The molecule has 1 saturated heterocycles. The zero-order valence-electron chi connectivity index (χ0n) is 16.0. The molecule has 0 saturated carbocycles. The van der Waals surface area contributed by atoms with Gasteiger partial charge in [0.1, 0.15) is 5.78 Å². The first-order chi connectivity index (χ1) is 13.2. The summed E-state index contributed by atoms with van der Waals surface area (Å²) < 4.78 is 38.6. The van der Waals surface area contributed by atoms with Gasteiger partial charge in [0.05, 0.1) is 26.2 Å². The zero-order valence-corrected chi connectivity index (χ0v) is 16.0. The van der Waals surface area contributed by atoms with Gasteiger partial charge in [0.15, 0.2) is 0 Å². The van der Waals surface area contributed by atoms with Crippen molar-refractivity contribution in [2.45, 2.75) is 6.92 Å². The van der Waals surface area contributed by atoms with Crippen LogP contribution in [-0.2, 0) is 19.2 Å². The molecule has 0 N–H and O–H groups in total. The van der Waals surface area contributed by atoms with Gasteiger partial charge in [-0.25, -0.2) is 0 Å². The summed E-state index contributed by atoms with van der Waals surface area (Å²) in [6.45, 7) is 2.26. The van der Waals surface area contributed by atoms with E-state index in [0.29, 0.717) is 13.1 Å². The molecule has 0 radical (unpaired) electrons. The van der Waals surface area contributed by atoms with Gasteiger partial charge in [-0.15, -0.1) is 0 Å². The van der Waals surface area contributed by atoms with Crippen LogP contribution < -0.4 is 0 Å². The third-order valence-corrected chi connectivity index (χ3v) is 4.42. The highest BCUT2D eigenvalue weighted by atomic mass is 19.1. The van der Waals surface area contributed by atoms with Crippen molar-refractivity contribution in [3.63, 3.8) is 0 Å². The highest BCUT2D eigenvalue weighted by Crippen LogP contribution is 2.02. The Kier molecular flexibility index (Phi) is 11.0. The monoisotopic (exact) mass is 408 g/mol. The van der Waals surface area contributed by atoms with Gasteiger partial charge in [0.25, 0.3) is 0 Å². The summed E-state index contributed by atoms with van der Waals surface area (Å²) in [7, 11) is 0. The van der Waals surface area contributed by atoms with Gasteiger partial charge < -0.3 is 0 Å². The number of hydrogen-bond donors (Lipinski definition) is 0. The molecule has 160 valence electrons. The average molecular weight is 408 g/mol. The summed E-state index contributed by atoms with van der Waals surface area (Å²) in [4.78, 5) is 50.4. The number of hydrogen-bond acceptors (Lipinski definition) is 8. The fraction of sp³-hybridized carbons (Fsp3) is 0.765. The summed E-state index contributed by atoms with van der Waals surface area (Å²) in [6, 6.07) is -4.56. The van der Waals surface area contributed by atoms with E-state index in [0.717, 1.165) is 0 Å². The van der Waals surface area contributed by atoms with Crippen molar-refractivity contribution in [2.24, 2.45) is 0 Å². The fourth-order valence-corrected chi connectivity index (χ4v) is 3.05. The maximum Gasteiger partial charge on any atom is 0.315 e. The molecule has 0 aromatic heterocycles. The maximum absolute atomic E-state index is 12.9. The van der Waals surface area contributed by atoms with Crippen LogP contribution in [0.1, 0.15) is 6.92 Å². The SMILES string of the molecule is CC(=O)CN1CCN(CC(=O)F)CCN(CC(=O)F)CCN(CC(=O)F)CC1. The molecule has 8 nitrogen and oxygen atoms in total. The van der Waals surface area contributed by atoms with E-state index in [1.807, 2.05) is 0 Å². The van der Waals surface area contributed by atoms with Crippen molar-refractivity contribution >= 4 is 23.9 Å². The molecule has 0 aliphatic carbocycles. The highest BCUT2D eigenvalue weighted by Gasteiger charge is 2.20. The summed E-state index contributed by atoms with van der Waals surface area (Å²) in [6.07, 6.45) is 0. The Morgan fingerprint density at radius 2 is 0.750 bits per heavy atom. The van der Waals surface area contributed by atoms with Crippen LogP contribution in [0.2, 0.25) is 0 Å². The maximum atomic E-state index is 12.9. The predicted octanol–water partition coefficient (Wildman–Crippen LogP) is -0.715. The number of Topliss-reactive ketones (excluding diaryl/α,β-unsaturated/α-hetero) is 1. The van der Waals surface area contributed by atoms with Crippen molar-refractivity contribution < 1.29 is 32.3 Å². The molecule has 0 bridgehead atoms. The van der Waals surface area contributed by atoms with E-state index in [9.17, 15) is 32.3 Å². The molecular formula is C17H27F3N4O4. The predicted molar refractivity (Wildman–Crippen MR) is 94.8 cm³/mol. The van der Waals surface area contributed by atoms with Gasteiger partial charge in [-0.1, -0.05) is 0 Å². The lowest BCUT2D eigenvalue weighted by Gasteiger charge is -2.32. The van der Waals surface area contributed by atoms with Gasteiger partial charge in [-0.05, 0) is 6.92 Å². The topological polar surface area (TPSA) is 81.2 Å². The van der Waals surface area contributed by atoms with Crippen molar-refractivity contribution in [1.29, 1.82) is 0 Å². The van der Waals surface area contributed by atoms with Crippen LogP contribution in [-0.4, -0.2) is 122 Å². The lowest BCUT2D eigenvalue weighted by molar-refractivity contribution is -0.132. The van der Waals surface area contributed by atoms with Crippen LogP contribution in [0.25, 0.3) is 0 Å². The minimum atomic E-state index is -1.54. The molecule has 0 amide bonds. The average Bonchev–Trinajstić information content (AvgIpc) is 2.55. The molecule has 1 aliphatic rings.